The topological polar surface area (TPSA) is 59.5 Å². The minimum absolute atomic E-state index is 0.0718. The minimum Gasteiger partial charge on any atom is -0.444 e. The van der Waals surface area contributed by atoms with E-state index in [0.717, 1.165) is 0 Å². The van der Waals surface area contributed by atoms with E-state index < -0.39 is 16.4 Å². The number of ether oxygens (including phenoxy) is 1. The van der Waals surface area contributed by atoms with Crippen LogP contribution in [0.15, 0.2) is 29.4 Å². The van der Waals surface area contributed by atoms with Crippen LogP contribution in [0.1, 0.15) is 27.2 Å². The van der Waals surface area contributed by atoms with Gasteiger partial charge < -0.3 is 9.64 Å². The summed E-state index contributed by atoms with van der Waals surface area (Å²) in [6.45, 7) is 6.55. The molecule has 1 amide bonds. The quantitative estimate of drug-likeness (QED) is 0.839. The van der Waals surface area contributed by atoms with Crippen LogP contribution in [0.3, 0.4) is 0 Å². The summed E-state index contributed by atoms with van der Waals surface area (Å²) in [7, 11) is -1.18. The predicted molar refractivity (Wildman–Crippen MR) is 76.9 cm³/mol. The zero-order valence-electron chi connectivity index (χ0n) is 12.0. The van der Waals surface area contributed by atoms with E-state index in [1.54, 1.807) is 23.2 Å². The van der Waals surface area contributed by atoms with E-state index in [4.69, 9.17) is 4.74 Å². The van der Waals surface area contributed by atoms with E-state index in [-0.39, 0.29) is 11.3 Å². The lowest BCUT2D eigenvalue weighted by Gasteiger charge is -2.24. The number of amides is 1. The molecule has 0 aliphatic carbocycles. The molecule has 1 unspecified atom stereocenters. The molecule has 2 rings (SSSR count). The Kier molecular flexibility index (Phi) is 4.42. The molecular weight excluding hydrogens is 276 g/mol. The van der Waals surface area contributed by atoms with E-state index in [0.29, 0.717) is 24.5 Å². The maximum Gasteiger partial charge on any atom is 0.410 e. The molecule has 0 spiro atoms. The van der Waals surface area contributed by atoms with Crippen LogP contribution in [0.4, 0.5) is 4.79 Å². The molecule has 0 radical (unpaired) electrons. The fourth-order valence-corrected chi connectivity index (χ4v) is 3.39. The molecule has 110 valence electrons. The number of rotatable bonds is 2. The van der Waals surface area contributed by atoms with Gasteiger partial charge in [-0.2, -0.15) is 0 Å². The Morgan fingerprint density at radius 1 is 1.45 bits per heavy atom. The molecule has 0 bridgehead atoms. The standard InChI is InChI=1S/C14H20N2O3S/c1-14(2,3)19-13(17)16-9-7-11(10-16)20(18)12-6-4-5-8-15-12/h4-6,8,11H,7,9-10H2,1-3H3/t11-,20?/m0/s1. The Hall–Kier alpha value is -1.43. The zero-order valence-corrected chi connectivity index (χ0v) is 12.9. The van der Waals surface area contributed by atoms with Crippen molar-refractivity contribution in [2.75, 3.05) is 13.1 Å². The van der Waals surface area contributed by atoms with Gasteiger partial charge in [0, 0.05) is 19.3 Å². The Morgan fingerprint density at radius 2 is 2.20 bits per heavy atom. The zero-order chi connectivity index (χ0) is 14.8. The molecule has 6 heteroatoms. The van der Waals surface area contributed by atoms with E-state index in [1.807, 2.05) is 26.8 Å². The third-order valence-electron chi connectivity index (χ3n) is 2.94. The summed E-state index contributed by atoms with van der Waals surface area (Å²) in [5, 5.41) is 0.501. The normalized spacial score (nSPS) is 20.8. The molecule has 1 fully saturated rings. The third-order valence-corrected chi connectivity index (χ3v) is 4.59. The molecular formula is C14H20N2O3S. The smallest absolute Gasteiger partial charge is 0.410 e. The molecule has 1 aliphatic rings. The summed E-state index contributed by atoms with van der Waals surface area (Å²) in [5.41, 5.74) is -0.505. The number of aromatic nitrogens is 1. The lowest BCUT2D eigenvalue weighted by atomic mass is 10.2. The van der Waals surface area contributed by atoms with Gasteiger partial charge in [0.2, 0.25) is 0 Å². The summed E-state index contributed by atoms with van der Waals surface area (Å²) in [6.07, 6.45) is 2.01. The van der Waals surface area contributed by atoms with Crippen LogP contribution in [0.5, 0.6) is 0 Å². The highest BCUT2D eigenvalue weighted by atomic mass is 32.2. The van der Waals surface area contributed by atoms with Crippen molar-refractivity contribution in [3.05, 3.63) is 24.4 Å². The number of likely N-dealkylation sites (tertiary alicyclic amines) is 1. The van der Waals surface area contributed by atoms with Crippen molar-refractivity contribution in [1.82, 2.24) is 9.88 Å². The van der Waals surface area contributed by atoms with Crippen LogP contribution < -0.4 is 0 Å². The van der Waals surface area contributed by atoms with Gasteiger partial charge in [-0.25, -0.2) is 9.78 Å². The lowest BCUT2D eigenvalue weighted by Crippen LogP contribution is -2.36. The molecule has 0 saturated carbocycles. The Bertz CT molecular complexity index is 499. The van der Waals surface area contributed by atoms with Crippen LogP contribution in [0.2, 0.25) is 0 Å². The van der Waals surface area contributed by atoms with Crippen molar-refractivity contribution < 1.29 is 13.7 Å². The second-order valence-electron chi connectivity index (χ2n) is 5.80. The fraction of sp³-hybridized carbons (Fsp3) is 0.571. The molecule has 5 nitrogen and oxygen atoms in total. The van der Waals surface area contributed by atoms with Crippen LogP contribution in [-0.2, 0) is 15.5 Å². The van der Waals surface area contributed by atoms with Gasteiger partial charge in [0.25, 0.3) is 0 Å². The van der Waals surface area contributed by atoms with Gasteiger partial charge in [-0.05, 0) is 39.3 Å². The molecule has 1 aromatic heterocycles. The number of carbonyl (C=O) groups is 1. The van der Waals surface area contributed by atoms with E-state index in [2.05, 4.69) is 4.98 Å². The molecule has 2 atom stereocenters. The van der Waals surface area contributed by atoms with Gasteiger partial charge in [0.05, 0.1) is 16.0 Å². The average molecular weight is 296 g/mol. The minimum atomic E-state index is -1.18. The van der Waals surface area contributed by atoms with E-state index in [9.17, 15) is 9.00 Å². The van der Waals surface area contributed by atoms with Crippen molar-refractivity contribution >= 4 is 16.9 Å². The second kappa shape index (κ2) is 5.91. The lowest BCUT2D eigenvalue weighted by molar-refractivity contribution is 0.0295. The Labute approximate surface area is 121 Å². The number of hydrogen-bond acceptors (Lipinski definition) is 4. The first-order valence-electron chi connectivity index (χ1n) is 6.66. The highest BCUT2D eigenvalue weighted by Crippen LogP contribution is 2.21. The Balaban J connectivity index is 1.96. The summed E-state index contributed by atoms with van der Waals surface area (Å²) in [4.78, 5) is 17.7. The third kappa shape index (κ3) is 3.79. The van der Waals surface area contributed by atoms with E-state index >= 15 is 0 Å². The van der Waals surface area contributed by atoms with Gasteiger partial charge in [0.1, 0.15) is 10.6 Å². The summed E-state index contributed by atoms with van der Waals surface area (Å²) in [6, 6.07) is 5.37. The first-order valence-corrected chi connectivity index (χ1v) is 7.87. The molecule has 0 N–H and O–H groups in total. The van der Waals surface area contributed by atoms with E-state index in [1.165, 1.54) is 0 Å². The molecule has 1 saturated heterocycles. The first-order chi connectivity index (χ1) is 9.37. The van der Waals surface area contributed by atoms with Gasteiger partial charge >= 0.3 is 6.09 Å². The number of nitrogens with zero attached hydrogens (tertiary/aromatic N) is 2. The molecule has 1 aromatic rings. The second-order valence-corrected chi connectivity index (χ2v) is 7.48. The van der Waals surface area contributed by atoms with Crippen molar-refractivity contribution in [3.8, 4) is 0 Å². The molecule has 20 heavy (non-hydrogen) atoms. The van der Waals surface area contributed by atoms with Crippen LogP contribution >= 0.6 is 0 Å². The fourth-order valence-electron chi connectivity index (χ4n) is 2.03. The van der Waals surface area contributed by atoms with Crippen molar-refractivity contribution in [3.63, 3.8) is 0 Å². The predicted octanol–water partition coefficient (Wildman–Crippen LogP) is 2.20. The molecule has 1 aliphatic heterocycles. The summed E-state index contributed by atoms with van der Waals surface area (Å²) < 4.78 is 17.7. The summed E-state index contributed by atoms with van der Waals surface area (Å²) in [5.74, 6) is 0. The van der Waals surface area contributed by atoms with Gasteiger partial charge in [-0.15, -0.1) is 0 Å². The first kappa shape index (κ1) is 15.0. The van der Waals surface area contributed by atoms with Crippen molar-refractivity contribution in [2.45, 2.75) is 43.1 Å². The van der Waals surface area contributed by atoms with Crippen LogP contribution in [0.25, 0.3) is 0 Å². The van der Waals surface area contributed by atoms with Crippen LogP contribution in [-0.4, -0.2) is 44.1 Å². The van der Waals surface area contributed by atoms with Crippen molar-refractivity contribution in [1.29, 1.82) is 0 Å². The maximum atomic E-state index is 12.4. The highest BCUT2D eigenvalue weighted by Gasteiger charge is 2.33. The number of carbonyl (C=O) groups excluding carboxylic acids is 1. The number of pyridine rings is 1. The Morgan fingerprint density at radius 3 is 2.80 bits per heavy atom. The number of hydrogen-bond donors (Lipinski definition) is 0. The largest absolute Gasteiger partial charge is 0.444 e. The van der Waals surface area contributed by atoms with Gasteiger partial charge in [-0.1, -0.05) is 6.07 Å². The molecule has 0 aromatic carbocycles. The van der Waals surface area contributed by atoms with Gasteiger partial charge in [0.15, 0.2) is 0 Å². The average Bonchev–Trinajstić information content (AvgIpc) is 2.86. The monoisotopic (exact) mass is 296 g/mol. The van der Waals surface area contributed by atoms with Gasteiger partial charge in [-0.3, -0.25) is 4.21 Å². The summed E-state index contributed by atoms with van der Waals surface area (Å²) >= 11 is 0. The maximum absolute atomic E-state index is 12.4. The molecule has 2 heterocycles. The van der Waals surface area contributed by atoms with Crippen LogP contribution in [0, 0.1) is 0 Å². The SMILES string of the molecule is CC(C)(C)OC(=O)N1CC[C@H](S(=O)c2ccccn2)C1. The highest BCUT2D eigenvalue weighted by molar-refractivity contribution is 7.85. The van der Waals surface area contributed by atoms with Crippen molar-refractivity contribution in [2.24, 2.45) is 0 Å².